The summed E-state index contributed by atoms with van der Waals surface area (Å²) >= 11 is 17.5. The summed E-state index contributed by atoms with van der Waals surface area (Å²) in [4.78, 5) is 0. The van der Waals surface area contributed by atoms with Crippen LogP contribution in [0.4, 0.5) is 0 Å². The predicted octanol–water partition coefficient (Wildman–Crippen LogP) is 2.22. The fourth-order valence-corrected chi connectivity index (χ4v) is 4.19. The summed E-state index contributed by atoms with van der Waals surface area (Å²) in [6.45, 7) is 4.30. The van der Waals surface area contributed by atoms with Crippen molar-refractivity contribution in [2.24, 2.45) is 0 Å². The van der Waals surface area contributed by atoms with Gasteiger partial charge in [0.15, 0.2) is 10.3 Å². The van der Waals surface area contributed by atoms with Crippen LogP contribution >= 0.6 is 34.8 Å². The van der Waals surface area contributed by atoms with Crippen molar-refractivity contribution in [3.63, 3.8) is 0 Å². The van der Waals surface area contributed by atoms with E-state index in [1.165, 1.54) is 0 Å². The molecule has 6 heteroatoms. The normalized spacial score (nSPS) is 10.9. The van der Waals surface area contributed by atoms with Gasteiger partial charge >= 0.3 is 0 Å². The maximum atomic E-state index is 5.92. The first kappa shape index (κ1) is 11.2. The molecule has 1 rings (SSSR count). The van der Waals surface area contributed by atoms with Crippen LogP contribution in [0.1, 0.15) is 5.56 Å². The Morgan fingerprint density at radius 2 is 1.69 bits per heavy atom. The van der Waals surface area contributed by atoms with Gasteiger partial charge in [0.2, 0.25) is 0 Å². The van der Waals surface area contributed by atoms with E-state index in [9.17, 15) is 0 Å². The average molecular weight is 256 g/mol. The number of rotatable bonds is 2. The second-order valence-electron chi connectivity index (χ2n) is 2.96. The third kappa shape index (κ3) is 2.34. The lowest BCUT2D eigenvalue weighted by Gasteiger charge is -2.11. The predicted molar refractivity (Wildman–Crippen MR) is 60.1 cm³/mol. The molecule has 0 amide bonds. The number of hydrogen-bond donors (Lipinski definition) is 0. The molecular weight excluding hydrogens is 247 g/mol. The lowest BCUT2D eigenvalue weighted by Crippen LogP contribution is -2.29. The van der Waals surface area contributed by atoms with E-state index >= 15 is 0 Å². The van der Waals surface area contributed by atoms with Crippen molar-refractivity contribution in [3.05, 3.63) is 15.9 Å². The van der Waals surface area contributed by atoms with Crippen LogP contribution in [-0.2, 0) is 5.88 Å². The van der Waals surface area contributed by atoms with Gasteiger partial charge in [-0.05, 0) is 5.19 Å². The first-order valence-electron chi connectivity index (χ1n) is 3.84. The Balaban J connectivity index is 3.35. The van der Waals surface area contributed by atoms with Crippen molar-refractivity contribution in [1.82, 2.24) is 10.2 Å². The molecule has 0 aliphatic carbocycles. The van der Waals surface area contributed by atoms with Crippen molar-refractivity contribution in [2.45, 2.75) is 19.0 Å². The van der Waals surface area contributed by atoms with Gasteiger partial charge in [0.25, 0.3) is 0 Å². The molecule has 0 spiro atoms. The van der Waals surface area contributed by atoms with Crippen LogP contribution in [0.15, 0.2) is 0 Å². The zero-order valence-electron chi connectivity index (χ0n) is 7.31. The first-order chi connectivity index (χ1) is 6.07. The van der Waals surface area contributed by atoms with Crippen molar-refractivity contribution in [2.75, 3.05) is 0 Å². The Morgan fingerprint density at radius 1 is 1.15 bits per heavy atom. The smallest absolute Gasteiger partial charge is 0.137 e. The van der Waals surface area contributed by atoms with Gasteiger partial charge in [0.1, 0.15) is 0 Å². The molecule has 0 unspecified atom stereocenters. The zero-order chi connectivity index (χ0) is 10.0. The lowest BCUT2D eigenvalue weighted by molar-refractivity contribution is 1.02. The third-order valence-corrected chi connectivity index (χ3v) is 4.54. The standard InChI is InChI=1S/C7H9Cl3N2Si/c1-13(2)5-4(3-8)6(9)11-12-7(5)10/h13H,3H2,1-2H3. The van der Waals surface area contributed by atoms with E-state index in [1.807, 2.05) is 0 Å². The number of hydrogen-bond acceptors (Lipinski definition) is 2. The van der Waals surface area contributed by atoms with E-state index < -0.39 is 8.80 Å². The van der Waals surface area contributed by atoms with Crippen molar-refractivity contribution in [1.29, 1.82) is 0 Å². The molecule has 0 saturated heterocycles. The van der Waals surface area contributed by atoms with Gasteiger partial charge in [0.05, 0.1) is 14.7 Å². The Kier molecular flexibility index (Phi) is 3.98. The number of nitrogens with zero attached hydrogens (tertiary/aromatic N) is 2. The maximum absolute atomic E-state index is 5.92. The van der Waals surface area contributed by atoms with Crippen LogP contribution in [-0.4, -0.2) is 19.0 Å². The summed E-state index contributed by atoms with van der Waals surface area (Å²) in [5, 5.41) is 9.32. The second kappa shape index (κ2) is 4.60. The highest BCUT2D eigenvalue weighted by atomic mass is 35.5. The topological polar surface area (TPSA) is 25.8 Å². The minimum atomic E-state index is -1.06. The summed E-state index contributed by atoms with van der Waals surface area (Å²) in [6.07, 6.45) is 0. The average Bonchev–Trinajstić information content (AvgIpc) is 2.07. The third-order valence-electron chi connectivity index (χ3n) is 1.73. The Morgan fingerprint density at radius 3 is 2.08 bits per heavy atom. The number of alkyl halides is 1. The van der Waals surface area contributed by atoms with E-state index in [1.54, 1.807) is 0 Å². The molecule has 1 heterocycles. The molecule has 2 nitrogen and oxygen atoms in total. The molecule has 0 N–H and O–H groups in total. The molecule has 0 aromatic carbocycles. The van der Waals surface area contributed by atoms with Crippen LogP contribution in [0.3, 0.4) is 0 Å². The molecule has 1 aromatic heterocycles. The SMILES string of the molecule is C[SiH](C)c1c(Cl)nnc(Cl)c1CCl. The minimum absolute atomic E-state index is 0.342. The van der Waals surface area contributed by atoms with Crippen LogP contribution in [0.25, 0.3) is 0 Å². The highest BCUT2D eigenvalue weighted by molar-refractivity contribution is 6.74. The Hall–Kier alpha value is 0.167. The van der Waals surface area contributed by atoms with Gasteiger partial charge in [0, 0.05) is 5.56 Å². The van der Waals surface area contributed by atoms with Gasteiger partial charge in [-0.15, -0.1) is 21.8 Å². The molecule has 0 aliphatic rings. The summed E-state index contributed by atoms with van der Waals surface area (Å²) in [5.41, 5.74) is 0.838. The van der Waals surface area contributed by atoms with Gasteiger partial charge < -0.3 is 0 Å². The Bertz CT molecular complexity index is 317. The molecule has 0 bridgehead atoms. The second-order valence-corrected chi connectivity index (χ2v) is 6.83. The number of aromatic nitrogens is 2. The van der Waals surface area contributed by atoms with E-state index in [4.69, 9.17) is 34.8 Å². The van der Waals surface area contributed by atoms with E-state index in [-0.39, 0.29) is 0 Å². The summed E-state index contributed by atoms with van der Waals surface area (Å²) < 4.78 is 0. The van der Waals surface area contributed by atoms with E-state index in [0.29, 0.717) is 16.2 Å². The van der Waals surface area contributed by atoms with Gasteiger partial charge in [-0.3, -0.25) is 0 Å². The molecule has 0 fully saturated rings. The molecule has 1 aromatic rings. The largest absolute Gasteiger partial charge is 0.156 e. The van der Waals surface area contributed by atoms with Crippen LogP contribution in [0.2, 0.25) is 23.4 Å². The first-order valence-corrected chi connectivity index (χ1v) is 8.02. The molecular formula is C7H9Cl3N2Si. The van der Waals surface area contributed by atoms with Gasteiger partial charge in [-0.2, -0.15) is 0 Å². The molecule has 72 valence electrons. The minimum Gasteiger partial charge on any atom is -0.137 e. The fraction of sp³-hybridized carbons (Fsp3) is 0.429. The van der Waals surface area contributed by atoms with Crippen LogP contribution in [0.5, 0.6) is 0 Å². The monoisotopic (exact) mass is 254 g/mol. The molecule has 0 atom stereocenters. The molecule has 0 saturated carbocycles. The Labute approximate surface area is 93.8 Å². The molecule has 13 heavy (non-hydrogen) atoms. The van der Waals surface area contributed by atoms with Crippen molar-refractivity contribution in [3.8, 4) is 0 Å². The van der Waals surface area contributed by atoms with Crippen molar-refractivity contribution < 1.29 is 0 Å². The van der Waals surface area contributed by atoms with Crippen LogP contribution < -0.4 is 5.19 Å². The summed E-state index contributed by atoms with van der Waals surface area (Å²) in [7, 11) is -1.06. The summed E-state index contributed by atoms with van der Waals surface area (Å²) in [5.74, 6) is 0.342. The highest BCUT2D eigenvalue weighted by Crippen LogP contribution is 2.16. The quantitative estimate of drug-likeness (QED) is 0.598. The van der Waals surface area contributed by atoms with E-state index in [0.717, 1.165) is 10.8 Å². The van der Waals surface area contributed by atoms with Gasteiger partial charge in [-0.1, -0.05) is 36.3 Å². The maximum Gasteiger partial charge on any atom is 0.156 e. The molecule has 0 radical (unpaired) electrons. The van der Waals surface area contributed by atoms with Crippen LogP contribution in [0, 0.1) is 0 Å². The fourth-order valence-electron chi connectivity index (χ4n) is 1.15. The lowest BCUT2D eigenvalue weighted by atomic mass is 10.3. The van der Waals surface area contributed by atoms with Gasteiger partial charge in [-0.25, -0.2) is 0 Å². The summed E-state index contributed by atoms with van der Waals surface area (Å²) in [6, 6.07) is 0. The number of halogens is 3. The van der Waals surface area contributed by atoms with Crippen molar-refractivity contribution >= 4 is 48.8 Å². The zero-order valence-corrected chi connectivity index (χ0v) is 10.7. The van der Waals surface area contributed by atoms with E-state index in [2.05, 4.69) is 23.3 Å². The highest BCUT2D eigenvalue weighted by Gasteiger charge is 2.16. The molecule has 0 aliphatic heterocycles.